The largest absolute Gasteiger partial charge is 1.00 e. The number of H-pyrrole nitrogens is 2. The SMILES string of the molecule is CN(C)CCC[N+](C)(C)CCCOc1ccc(-c2c3nc(cc4ccc([nH]4)c(-c4ccc(OCCC[N+](C)(C)CCCN(C)C)cc4)c4nc(cc5ccc2[nH]5)C=C4)C=C3)cc1.[Br-].[Br-]. The van der Waals surface area contributed by atoms with Crippen molar-refractivity contribution in [1.82, 2.24) is 29.7 Å². The summed E-state index contributed by atoms with van der Waals surface area (Å²) in [7, 11) is 17.8. The third-order valence-corrected chi connectivity index (χ3v) is 11.8. The van der Waals surface area contributed by atoms with Crippen molar-refractivity contribution in [2.24, 2.45) is 0 Å². The molecule has 12 heteroatoms. The summed E-state index contributed by atoms with van der Waals surface area (Å²) in [6.45, 7) is 8.13. The van der Waals surface area contributed by atoms with Crippen molar-refractivity contribution in [2.75, 3.05) is 109 Å². The monoisotopic (exact) mass is 994 g/mol. The van der Waals surface area contributed by atoms with Crippen LogP contribution in [0.15, 0.2) is 84.9 Å². The molecule has 0 amide bonds. The number of aromatic nitrogens is 4. The van der Waals surface area contributed by atoms with Gasteiger partial charge in [0.1, 0.15) is 11.5 Å². The highest BCUT2D eigenvalue weighted by Gasteiger charge is 2.17. The first-order chi connectivity index (χ1) is 29.8. The molecule has 3 aromatic heterocycles. The van der Waals surface area contributed by atoms with Crippen LogP contribution < -0.4 is 43.4 Å². The molecule has 2 aliphatic heterocycles. The zero-order valence-electron chi connectivity index (χ0n) is 39.1. The molecular weight excluding hydrogens is 928 g/mol. The number of rotatable bonds is 20. The Balaban J connectivity index is 0.00000385. The Morgan fingerprint density at radius 3 is 1.23 bits per heavy atom. The van der Waals surface area contributed by atoms with Gasteiger partial charge in [0.2, 0.25) is 0 Å². The van der Waals surface area contributed by atoms with E-state index >= 15 is 0 Å². The van der Waals surface area contributed by atoms with E-state index in [-0.39, 0.29) is 34.0 Å². The van der Waals surface area contributed by atoms with Crippen LogP contribution in [0.4, 0.5) is 0 Å². The summed E-state index contributed by atoms with van der Waals surface area (Å²) < 4.78 is 14.5. The maximum absolute atomic E-state index is 6.23. The quantitative estimate of drug-likeness (QED) is 0.0900. The Bertz CT molecular complexity index is 2330. The first-order valence-electron chi connectivity index (χ1n) is 22.3. The van der Waals surface area contributed by atoms with Gasteiger partial charge in [-0.05, 0) is 124 Å². The Morgan fingerprint density at radius 1 is 0.484 bits per heavy atom. The topological polar surface area (TPSA) is 82.3 Å². The third-order valence-electron chi connectivity index (χ3n) is 11.8. The van der Waals surface area contributed by atoms with Crippen LogP contribution in [0, 0.1) is 0 Å². The predicted molar refractivity (Wildman–Crippen MR) is 260 cm³/mol. The van der Waals surface area contributed by atoms with Gasteiger partial charge in [-0.25, -0.2) is 9.97 Å². The lowest BCUT2D eigenvalue weighted by Gasteiger charge is -2.30. The van der Waals surface area contributed by atoms with Gasteiger partial charge in [0.05, 0.1) is 90.4 Å². The summed E-state index contributed by atoms with van der Waals surface area (Å²) in [4.78, 5) is 22.2. The first-order valence-corrected chi connectivity index (χ1v) is 22.3. The molecule has 64 heavy (non-hydrogen) atoms. The average Bonchev–Trinajstić information content (AvgIpc) is 4.07. The van der Waals surface area contributed by atoms with Crippen LogP contribution in [-0.2, 0) is 0 Å². The number of fused-ring (bicyclic) bond motifs is 8. The normalized spacial score (nSPS) is 12.4. The Hall–Kier alpha value is -4.56. The van der Waals surface area contributed by atoms with Gasteiger partial charge in [-0.15, -0.1) is 0 Å². The van der Waals surface area contributed by atoms with Gasteiger partial charge in [-0.1, -0.05) is 24.3 Å². The molecule has 0 unspecified atom stereocenters. The number of halogens is 2. The molecule has 7 rings (SSSR count). The standard InChI is InChI=1S/C52H68N8O2.2BrH/c1-57(2)29-9-31-59(5,6)33-11-35-61-45-21-13-39(14-22-45)51-47-25-17-41(53-47)37-43-19-27-49(55-43)52(50-28-20-44(56-50)38-42-18-26-48(51)54-42)40-15-23-46(24-16-40)62-36-12-34-60(7,8)32-10-30-58(3)4;;/h13-28,37-38,53,56H,9-12,29-36H2,1-8H3;2*1H/q+2;;/p-2. The second-order valence-corrected chi connectivity index (χ2v) is 18.7. The molecule has 5 aromatic rings. The van der Waals surface area contributed by atoms with Crippen molar-refractivity contribution in [3.63, 3.8) is 0 Å². The minimum absolute atomic E-state index is 0. The van der Waals surface area contributed by atoms with Crippen LogP contribution in [0.25, 0.3) is 68.6 Å². The van der Waals surface area contributed by atoms with E-state index in [0.29, 0.717) is 13.2 Å². The summed E-state index contributed by atoms with van der Waals surface area (Å²) >= 11 is 0. The molecule has 342 valence electrons. The van der Waals surface area contributed by atoms with Crippen LogP contribution in [0.3, 0.4) is 0 Å². The highest BCUT2D eigenvalue weighted by molar-refractivity contribution is 5.93. The molecule has 8 bridgehead atoms. The average molecular weight is 997 g/mol. The van der Waals surface area contributed by atoms with Crippen LogP contribution in [0.2, 0.25) is 0 Å². The molecule has 0 fully saturated rings. The highest BCUT2D eigenvalue weighted by Crippen LogP contribution is 2.33. The number of benzene rings is 2. The Kier molecular flexibility index (Phi) is 18.2. The molecule has 2 N–H and O–H groups in total. The summed E-state index contributed by atoms with van der Waals surface area (Å²) in [5.41, 5.74) is 11.7. The molecule has 2 aliphatic rings. The first kappa shape index (κ1) is 50.4. The molecule has 5 heterocycles. The van der Waals surface area contributed by atoms with Crippen molar-refractivity contribution >= 4 is 46.4 Å². The Labute approximate surface area is 402 Å². The molecule has 10 nitrogen and oxygen atoms in total. The number of aromatic amines is 2. The van der Waals surface area contributed by atoms with Crippen molar-refractivity contribution in [3.8, 4) is 33.8 Å². The number of hydrogen-bond donors (Lipinski definition) is 2. The molecule has 0 aliphatic carbocycles. The summed E-state index contributed by atoms with van der Waals surface area (Å²) in [5.74, 6) is 1.76. The maximum atomic E-state index is 6.23. The van der Waals surface area contributed by atoms with Gasteiger partial charge in [0.25, 0.3) is 0 Å². The number of quaternary nitrogens is 2. The van der Waals surface area contributed by atoms with E-state index in [1.807, 2.05) is 0 Å². The zero-order valence-corrected chi connectivity index (χ0v) is 42.3. The van der Waals surface area contributed by atoms with Crippen LogP contribution >= 0.6 is 0 Å². The lowest BCUT2D eigenvalue weighted by Crippen LogP contribution is -3.00. The molecule has 2 aromatic carbocycles. The molecule has 0 spiro atoms. The fourth-order valence-electron chi connectivity index (χ4n) is 8.33. The second-order valence-electron chi connectivity index (χ2n) is 18.7. The molecule has 0 saturated carbocycles. The third kappa shape index (κ3) is 14.2. The fraction of sp³-hybridized carbons (Fsp3) is 0.385. The Morgan fingerprint density at radius 2 is 0.859 bits per heavy atom. The minimum Gasteiger partial charge on any atom is -1.00 e. The highest BCUT2D eigenvalue weighted by atomic mass is 79.9. The predicted octanol–water partition coefficient (Wildman–Crippen LogP) is 3.59. The molecule has 0 saturated heterocycles. The van der Waals surface area contributed by atoms with Gasteiger partial charge in [0.15, 0.2) is 0 Å². The molecular formula is C52H68Br2N8O2. The number of hydrogen-bond acceptors (Lipinski definition) is 6. The number of nitrogens with one attached hydrogen (secondary N) is 2. The number of nitrogens with zero attached hydrogens (tertiary/aromatic N) is 6. The van der Waals surface area contributed by atoms with Crippen molar-refractivity contribution in [2.45, 2.75) is 25.7 Å². The fourth-order valence-corrected chi connectivity index (χ4v) is 8.33. The lowest BCUT2D eigenvalue weighted by molar-refractivity contribution is -0.890. The summed E-state index contributed by atoms with van der Waals surface area (Å²) in [6.07, 6.45) is 12.8. The zero-order chi connectivity index (χ0) is 43.7. The van der Waals surface area contributed by atoms with E-state index in [4.69, 9.17) is 19.4 Å². The van der Waals surface area contributed by atoms with Gasteiger partial charge < -0.3 is 72.2 Å². The lowest BCUT2D eigenvalue weighted by atomic mass is 10.0. The summed E-state index contributed by atoms with van der Waals surface area (Å²) in [5, 5.41) is 0. The van der Waals surface area contributed by atoms with E-state index in [1.165, 1.54) is 12.8 Å². The van der Waals surface area contributed by atoms with E-state index < -0.39 is 0 Å². The van der Waals surface area contributed by atoms with E-state index in [0.717, 1.165) is 140 Å². The van der Waals surface area contributed by atoms with Crippen molar-refractivity contribution in [1.29, 1.82) is 0 Å². The van der Waals surface area contributed by atoms with Crippen LogP contribution in [0.1, 0.15) is 48.5 Å². The van der Waals surface area contributed by atoms with E-state index in [9.17, 15) is 0 Å². The minimum atomic E-state index is 0. The summed E-state index contributed by atoms with van der Waals surface area (Å²) in [6, 6.07) is 29.6. The van der Waals surface area contributed by atoms with Gasteiger partial charge in [-0.3, -0.25) is 0 Å². The van der Waals surface area contributed by atoms with Crippen LogP contribution in [0.5, 0.6) is 11.5 Å². The molecule has 0 radical (unpaired) electrons. The smallest absolute Gasteiger partial charge is 0.119 e. The van der Waals surface area contributed by atoms with Gasteiger partial charge >= 0.3 is 0 Å². The molecule has 0 atom stereocenters. The second kappa shape index (κ2) is 23.1. The van der Waals surface area contributed by atoms with Crippen molar-refractivity contribution < 1.29 is 52.4 Å². The van der Waals surface area contributed by atoms with Crippen molar-refractivity contribution in [3.05, 3.63) is 108 Å². The van der Waals surface area contributed by atoms with Gasteiger partial charge in [-0.2, -0.15) is 0 Å². The van der Waals surface area contributed by atoms with Gasteiger partial charge in [0, 0.05) is 72.0 Å². The van der Waals surface area contributed by atoms with E-state index in [2.05, 4.69) is 185 Å². The number of ether oxygens (including phenoxy) is 2. The van der Waals surface area contributed by atoms with E-state index in [1.54, 1.807) is 0 Å². The van der Waals surface area contributed by atoms with Crippen LogP contribution in [-0.4, -0.2) is 148 Å². The maximum Gasteiger partial charge on any atom is 0.119 e.